The smallest absolute Gasteiger partial charge is 0.0963 e. The minimum atomic E-state index is 0.243. The fraction of sp³-hybridized carbons (Fsp3) is 0.533. The minimum absolute atomic E-state index is 0.243. The van der Waals surface area contributed by atoms with Crippen LogP contribution in [0.15, 0.2) is 18.2 Å². The number of hydrogen-bond donors (Lipinski definition) is 1. The van der Waals surface area contributed by atoms with Crippen molar-refractivity contribution in [3.8, 4) is 0 Å². The van der Waals surface area contributed by atoms with E-state index in [9.17, 15) is 0 Å². The van der Waals surface area contributed by atoms with Crippen molar-refractivity contribution < 1.29 is 0 Å². The summed E-state index contributed by atoms with van der Waals surface area (Å²) < 4.78 is 1.31. The molecule has 0 bridgehead atoms. The molecule has 1 aromatic heterocycles. The van der Waals surface area contributed by atoms with Crippen LogP contribution in [0.2, 0.25) is 0 Å². The third-order valence-electron chi connectivity index (χ3n) is 4.13. The van der Waals surface area contributed by atoms with Crippen molar-refractivity contribution in [2.75, 3.05) is 0 Å². The number of fused-ring (bicyclic) bond motifs is 1. The van der Waals surface area contributed by atoms with Crippen LogP contribution in [0, 0.1) is 0 Å². The van der Waals surface area contributed by atoms with E-state index in [1.807, 2.05) is 11.3 Å². The molecule has 1 unspecified atom stereocenters. The number of thiazole rings is 1. The zero-order valence-corrected chi connectivity index (χ0v) is 12.1. The van der Waals surface area contributed by atoms with Gasteiger partial charge < -0.3 is 5.73 Å². The van der Waals surface area contributed by atoms with Gasteiger partial charge in [0.25, 0.3) is 0 Å². The molecule has 18 heavy (non-hydrogen) atoms. The van der Waals surface area contributed by atoms with Gasteiger partial charge in [0, 0.05) is 17.4 Å². The van der Waals surface area contributed by atoms with Crippen LogP contribution in [0.1, 0.15) is 50.1 Å². The third kappa shape index (κ3) is 1.77. The minimum Gasteiger partial charge on any atom is -0.327 e. The van der Waals surface area contributed by atoms with Gasteiger partial charge in [-0.2, -0.15) is 0 Å². The van der Waals surface area contributed by atoms with Gasteiger partial charge in [-0.25, -0.2) is 4.98 Å². The largest absolute Gasteiger partial charge is 0.327 e. The first-order valence-corrected chi connectivity index (χ1v) is 7.51. The Morgan fingerprint density at radius 1 is 1.28 bits per heavy atom. The van der Waals surface area contributed by atoms with E-state index >= 15 is 0 Å². The molecule has 2 aromatic rings. The lowest BCUT2D eigenvalue weighted by Crippen LogP contribution is -2.31. The van der Waals surface area contributed by atoms with Crippen molar-refractivity contribution in [1.29, 1.82) is 0 Å². The van der Waals surface area contributed by atoms with Crippen LogP contribution in [-0.2, 0) is 5.41 Å². The maximum atomic E-state index is 6.15. The summed E-state index contributed by atoms with van der Waals surface area (Å²) in [6.07, 6.45) is 2.46. The first-order valence-electron chi connectivity index (χ1n) is 6.69. The number of nitrogens with two attached hydrogens (primary N) is 1. The average molecular weight is 260 g/mol. The molecule has 1 aromatic carbocycles. The van der Waals surface area contributed by atoms with E-state index in [1.54, 1.807) is 0 Å². The lowest BCUT2D eigenvalue weighted by Gasteiger charge is -2.19. The molecule has 0 spiro atoms. The van der Waals surface area contributed by atoms with E-state index in [4.69, 9.17) is 5.73 Å². The molecule has 96 valence electrons. The number of rotatable bonds is 3. The van der Waals surface area contributed by atoms with E-state index in [1.165, 1.54) is 28.1 Å². The molecule has 1 aliphatic carbocycles. The highest BCUT2D eigenvalue weighted by molar-refractivity contribution is 7.18. The summed E-state index contributed by atoms with van der Waals surface area (Å²) in [5.41, 5.74) is 8.93. The summed E-state index contributed by atoms with van der Waals surface area (Å²) in [7, 11) is 0. The molecule has 0 saturated heterocycles. The second-order valence-corrected chi connectivity index (χ2v) is 6.90. The Bertz CT molecular complexity index is 579. The molecule has 0 aliphatic heterocycles. The van der Waals surface area contributed by atoms with Crippen molar-refractivity contribution in [3.05, 3.63) is 28.8 Å². The summed E-state index contributed by atoms with van der Waals surface area (Å²) in [6, 6.07) is 6.94. The molecular weight excluding hydrogens is 240 g/mol. The van der Waals surface area contributed by atoms with Crippen LogP contribution in [0.4, 0.5) is 0 Å². The van der Waals surface area contributed by atoms with Crippen molar-refractivity contribution in [2.24, 2.45) is 5.73 Å². The van der Waals surface area contributed by atoms with Gasteiger partial charge in [0.2, 0.25) is 0 Å². The van der Waals surface area contributed by atoms with Gasteiger partial charge in [-0.1, -0.05) is 19.9 Å². The van der Waals surface area contributed by atoms with Gasteiger partial charge >= 0.3 is 0 Å². The standard InChI is InChI=1S/C15H20N2S/c1-9(2)14-17-12-5-4-11(8-13(12)18-14)15(6-7-15)10(3)16/h4-5,8-10H,6-7,16H2,1-3H3. The van der Waals surface area contributed by atoms with Crippen LogP contribution in [0.25, 0.3) is 10.2 Å². The van der Waals surface area contributed by atoms with Crippen molar-refractivity contribution >= 4 is 21.6 Å². The van der Waals surface area contributed by atoms with E-state index in [0.29, 0.717) is 5.92 Å². The summed E-state index contributed by atoms with van der Waals surface area (Å²) >= 11 is 1.82. The lowest BCUT2D eigenvalue weighted by atomic mass is 9.89. The maximum absolute atomic E-state index is 6.15. The average Bonchev–Trinajstić information content (AvgIpc) is 3.02. The summed E-state index contributed by atoms with van der Waals surface area (Å²) in [5.74, 6) is 0.508. The van der Waals surface area contributed by atoms with Gasteiger partial charge in [-0.05, 0) is 37.5 Å². The highest BCUT2D eigenvalue weighted by Gasteiger charge is 2.47. The predicted molar refractivity (Wildman–Crippen MR) is 78.3 cm³/mol. The number of benzene rings is 1. The summed E-state index contributed by atoms with van der Waals surface area (Å²) in [5, 5.41) is 1.23. The molecule has 2 N–H and O–H groups in total. The normalized spacial score (nSPS) is 19.4. The van der Waals surface area contributed by atoms with E-state index in [2.05, 4.69) is 44.0 Å². The van der Waals surface area contributed by atoms with Gasteiger partial charge in [0.15, 0.2) is 0 Å². The molecule has 1 aliphatic rings. The predicted octanol–water partition coefficient (Wildman–Crippen LogP) is 3.80. The van der Waals surface area contributed by atoms with Crippen LogP contribution in [0.3, 0.4) is 0 Å². The molecule has 0 radical (unpaired) electrons. The van der Waals surface area contributed by atoms with Crippen LogP contribution < -0.4 is 5.73 Å². The zero-order chi connectivity index (χ0) is 12.9. The molecule has 2 nitrogen and oxygen atoms in total. The topological polar surface area (TPSA) is 38.9 Å². The van der Waals surface area contributed by atoms with Crippen LogP contribution >= 0.6 is 11.3 Å². The van der Waals surface area contributed by atoms with Gasteiger partial charge in [0.05, 0.1) is 15.2 Å². The maximum Gasteiger partial charge on any atom is 0.0963 e. The molecule has 0 amide bonds. The second-order valence-electron chi connectivity index (χ2n) is 5.83. The lowest BCUT2D eigenvalue weighted by molar-refractivity contribution is 0.557. The van der Waals surface area contributed by atoms with Crippen molar-refractivity contribution in [3.63, 3.8) is 0 Å². The molecule has 3 rings (SSSR count). The Hall–Kier alpha value is -0.930. The summed E-state index contributed by atoms with van der Waals surface area (Å²) in [4.78, 5) is 4.69. The van der Waals surface area contributed by atoms with Gasteiger partial charge in [0.1, 0.15) is 0 Å². The Morgan fingerprint density at radius 3 is 2.56 bits per heavy atom. The number of nitrogens with zero attached hydrogens (tertiary/aromatic N) is 1. The van der Waals surface area contributed by atoms with Crippen LogP contribution in [0.5, 0.6) is 0 Å². The highest BCUT2D eigenvalue weighted by Crippen LogP contribution is 2.51. The Balaban J connectivity index is 2.06. The van der Waals surface area contributed by atoms with E-state index in [0.717, 1.165) is 5.52 Å². The van der Waals surface area contributed by atoms with Crippen molar-refractivity contribution in [2.45, 2.75) is 51.0 Å². The van der Waals surface area contributed by atoms with Crippen molar-refractivity contribution in [1.82, 2.24) is 4.98 Å². The van der Waals surface area contributed by atoms with Gasteiger partial charge in [-0.15, -0.1) is 11.3 Å². The Morgan fingerprint density at radius 2 is 2.00 bits per heavy atom. The fourth-order valence-corrected chi connectivity index (χ4v) is 3.65. The van der Waals surface area contributed by atoms with E-state index in [-0.39, 0.29) is 11.5 Å². The zero-order valence-electron chi connectivity index (χ0n) is 11.2. The fourth-order valence-electron chi connectivity index (χ4n) is 2.64. The second kappa shape index (κ2) is 4.04. The Labute approximate surface area is 112 Å². The first-order chi connectivity index (χ1) is 8.53. The van der Waals surface area contributed by atoms with E-state index < -0.39 is 0 Å². The first kappa shape index (κ1) is 12.1. The monoisotopic (exact) mass is 260 g/mol. The molecule has 1 heterocycles. The molecule has 1 fully saturated rings. The number of aromatic nitrogens is 1. The third-order valence-corrected chi connectivity index (χ3v) is 5.45. The molecule has 3 heteroatoms. The van der Waals surface area contributed by atoms with Gasteiger partial charge in [-0.3, -0.25) is 0 Å². The SMILES string of the molecule is CC(C)c1nc2ccc(C3(C(C)N)CC3)cc2s1. The molecule has 1 atom stereocenters. The molecule has 1 saturated carbocycles. The number of hydrogen-bond acceptors (Lipinski definition) is 3. The Kier molecular flexibility index (Phi) is 2.72. The summed E-state index contributed by atoms with van der Waals surface area (Å²) in [6.45, 7) is 6.52. The quantitative estimate of drug-likeness (QED) is 0.911. The highest BCUT2D eigenvalue weighted by atomic mass is 32.1. The molecular formula is C15H20N2S. The van der Waals surface area contributed by atoms with Crippen LogP contribution in [-0.4, -0.2) is 11.0 Å².